The zero-order valence-electron chi connectivity index (χ0n) is 19.2. The highest BCUT2D eigenvalue weighted by Gasteiger charge is 2.37. The van der Waals surface area contributed by atoms with Gasteiger partial charge in [0.05, 0.1) is 17.7 Å². The number of carbonyl (C=O) groups excluding carboxylic acids is 2. The van der Waals surface area contributed by atoms with Gasteiger partial charge >= 0.3 is 12.4 Å². The summed E-state index contributed by atoms with van der Waals surface area (Å²) in [6.07, 6.45) is -5.38. The van der Waals surface area contributed by atoms with Crippen molar-refractivity contribution >= 4 is 11.8 Å². The highest BCUT2D eigenvalue weighted by atomic mass is 19.4. The summed E-state index contributed by atoms with van der Waals surface area (Å²) >= 11 is 0. The van der Waals surface area contributed by atoms with Gasteiger partial charge in [-0.2, -0.15) is 26.3 Å². The molecule has 5 nitrogen and oxygen atoms in total. The smallest absolute Gasteiger partial charge is 0.352 e. The van der Waals surface area contributed by atoms with Gasteiger partial charge in [-0.15, -0.1) is 0 Å². The summed E-state index contributed by atoms with van der Waals surface area (Å²) in [6, 6.07) is 1.14. The normalized spacial score (nSPS) is 19.2. The van der Waals surface area contributed by atoms with Gasteiger partial charge in [0.2, 0.25) is 5.91 Å². The summed E-state index contributed by atoms with van der Waals surface area (Å²) in [5.74, 6) is -0.995. The zero-order chi connectivity index (χ0) is 25.5. The van der Waals surface area contributed by atoms with E-state index in [1.54, 1.807) is 0 Å². The fourth-order valence-corrected chi connectivity index (χ4v) is 4.00. The number of carbonyl (C=O) groups is 2. The SMILES string of the molecule is CCC(CC)NC(=O)CN[C@H]1CC[C@@H](CNC(=O)c2cc(C(F)(F)F)cc(C(F)(F)F)c2)CC1. The Hall–Kier alpha value is -2.30. The van der Waals surface area contributed by atoms with Crippen LogP contribution in [0.1, 0.15) is 73.9 Å². The highest BCUT2D eigenvalue weighted by Crippen LogP contribution is 2.36. The molecule has 0 aliphatic heterocycles. The Morgan fingerprint density at radius 1 is 0.912 bits per heavy atom. The molecule has 0 unspecified atom stereocenters. The van der Waals surface area contributed by atoms with E-state index in [9.17, 15) is 35.9 Å². The van der Waals surface area contributed by atoms with E-state index in [1.807, 2.05) is 13.8 Å². The van der Waals surface area contributed by atoms with E-state index in [0.29, 0.717) is 25.0 Å². The van der Waals surface area contributed by atoms with Crippen molar-refractivity contribution in [3.05, 3.63) is 34.9 Å². The van der Waals surface area contributed by atoms with Crippen LogP contribution in [0.15, 0.2) is 18.2 Å². The molecule has 1 saturated carbocycles. The molecule has 2 rings (SSSR count). The van der Waals surface area contributed by atoms with Gasteiger partial charge in [0.15, 0.2) is 0 Å². The fourth-order valence-electron chi connectivity index (χ4n) is 4.00. The van der Waals surface area contributed by atoms with E-state index in [0.717, 1.165) is 25.7 Å². The van der Waals surface area contributed by atoms with Gasteiger partial charge in [0.25, 0.3) is 5.91 Å². The molecule has 0 radical (unpaired) electrons. The standard InChI is InChI=1S/C23H31F6N3O2/c1-3-18(4-2)32-20(33)13-30-19-7-5-14(6-8-19)12-31-21(34)15-9-16(22(24,25)26)11-17(10-15)23(27,28)29/h9-11,14,18-19,30H,3-8,12-13H2,1-2H3,(H,31,34)(H,32,33)/t14-,19+. The molecule has 0 bridgehead atoms. The van der Waals surface area contributed by atoms with Gasteiger partial charge in [-0.3, -0.25) is 9.59 Å². The Balaban J connectivity index is 1.85. The van der Waals surface area contributed by atoms with Crippen LogP contribution in [0, 0.1) is 5.92 Å². The average Bonchev–Trinajstić information content (AvgIpc) is 2.78. The Morgan fingerprint density at radius 2 is 1.44 bits per heavy atom. The quantitative estimate of drug-likeness (QED) is 0.427. The van der Waals surface area contributed by atoms with Crippen molar-refractivity contribution < 1.29 is 35.9 Å². The molecule has 1 aromatic carbocycles. The van der Waals surface area contributed by atoms with Crippen LogP contribution in [-0.2, 0) is 17.1 Å². The Bertz CT molecular complexity index is 797. The van der Waals surface area contributed by atoms with Crippen LogP contribution in [0.3, 0.4) is 0 Å². The first-order valence-electron chi connectivity index (χ1n) is 11.4. The van der Waals surface area contributed by atoms with E-state index in [4.69, 9.17) is 0 Å². The second-order valence-electron chi connectivity index (χ2n) is 8.68. The third-order valence-corrected chi connectivity index (χ3v) is 6.15. The maximum atomic E-state index is 13.0. The largest absolute Gasteiger partial charge is 0.416 e. The maximum absolute atomic E-state index is 13.0. The van der Waals surface area contributed by atoms with Crippen molar-refractivity contribution in [3.8, 4) is 0 Å². The molecule has 34 heavy (non-hydrogen) atoms. The number of rotatable bonds is 9. The predicted octanol–water partition coefficient (Wildman–Crippen LogP) is 4.91. The molecular weight excluding hydrogens is 464 g/mol. The number of amides is 2. The molecule has 192 valence electrons. The van der Waals surface area contributed by atoms with Crippen molar-refractivity contribution in [2.45, 2.75) is 76.8 Å². The molecule has 1 aliphatic rings. The van der Waals surface area contributed by atoms with Crippen molar-refractivity contribution in [3.63, 3.8) is 0 Å². The molecule has 1 aromatic rings. The van der Waals surface area contributed by atoms with E-state index >= 15 is 0 Å². The van der Waals surface area contributed by atoms with E-state index < -0.39 is 35.0 Å². The highest BCUT2D eigenvalue weighted by molar-refractivity contribution is 5.94. The van der Waals surface area contributed by atoms with E-state index in [2.05, 4.69) is 16.0 Å². The second kappa shape index (κ2) is 11.9. The molecule has 0 aromatic heterocycles. The van der Waals surface area contributed by atoms with Gasteiger partial charge in [-0.25, -0.2) is 0 Å². The lowest BCUT2D eigenvalue weighted by Gasteiger charge is -2.29. The van der Waals surface area contributed by atoms with Gasteiger partial charge in [-0.1, -0.05) is 13.8 Å². The summed E-state index contributed by atoms with van der Waals surface area (Å²) < 4.78 is 78.0. The second-order valence-corrected chi connectivity index (χ2v) is 8.68. The summed E-state index contributed by atoms with van der Waals surface area (Å²) in [7, 11) is 0. The lowest BCUT2D eigenvalue weighted by atomic mass is 9.86. The first-order chi connectivity index (χ1) is 15.8. The summed E-state index contributed by atoms with van der Waals surface area (Å²) in [5, 5.41) is 8.63. The third kappa shape index (κ3) is 8.48. The van der Waals surface area contributed by atoms with Crippen molar-refractivity contribution in [2.24, 2.45) is 5.92 Å². The molecule has 0 spiro atoms. The minimum absolute atomic E-state index is 0.00399. The summed E-state index contributed by atoms with van der Waals surface area (Å²) in [6.45, 7) is 4.37. The van der Waals surface area contributed by atoms with Crippen LogP contribution >= 0.6 is 0 Å². The number of alkyl halides is 6. The molecule has 11 heteroatoms. The van der Waals surface area contributed by atoms with Crippen molar-refractivity contribution in [1.82, 2.24) is 16.0 Å². The molecule has 1 aliphatic carbocycles. The lowest BCUT2D eigenvalue weighted by Crippen LogP contribution is -2.44. The van der Waals surface area contributed by atoms with Crippen LogP contribution < -0.4 is 16.0 Å². The topological polar surface area (TPSA) is 70.2 Å². The van der Waals surface area contributed by atoms with Crippen molar-refractivity contribution in [2.75, 3.05) is 13.1 Å². The van der Waals surface area contributed by atoms with Crippen LogP contribution in [0.2, 0.25) is 0 Å². The average molecular weight is 496 g/mol. The molecule has 3 N–H and O–H groups in total. The Morgan fingerprint density at radius 3 is 1.91 bits per heavy atom. The van der Waals surface area contributed by atoms with Gasteiger partial charge in [-0.05, 0) is 62.6 Å². The number of nitrogens with one attached hydrogen (secondary N) is 3. The molecule has 1 fully saturated rings. The Kier molecular flexibility index (Phi) is 9.78. The first-order valence-corrected chi connectivity index (χ1v) is 11.4. The molecule has 2 amide bonds. The van der Waals surface area contributed by atoms with Gasteiger partial charge < -0.3 is 16.0 Å². The van der Waals surface area contributed by atoms with Crippen LogP contribution in [0.4, 0.5) is 26.3 Å². The van der Waals surface area contributed by atoms with Crippen LogP contribution in [-0.4, -0.2) is 37.0 Å². The predicted molar refractivity (Wildman–Crippen MR) is 115 cm³/mol. The molecule has 0 saturated heterocycles. The maximum Gasteiger partial charge on any atom is 0.416 e. The van der Waals surface area contributed by atoms with Gasteiger partial charge in [0.1, 0.15) is 0 Å². The monoisotopic (exact) mass is 495 g/mol. The minimum atomic E-state index is -5.01. The van der Waals surface area contributed by atoms with E-state index in [1.165, 1.54) is 0 Å². The number of hydrogen-bond acceptors (Lipinski definition) is 3. The molecule has 0 atom stereocenters. The first kappa shape index (κ1) is 27.9. The lowest BCUT2D eigenvalue weighted by molar-refractivity contribution is -0.143. The zero-order valence-corrected chi connectivity index (χ0v) is 19.2. The fraction of sp³-hybridized carbons (Fsp3) is 0.652. The third-order valence-electron chi connectivity index (χ3n) is 6.15. The van der Waals surface area contributed by atoms with Crippen LogP contribution in [0.25, 0.3) is 0 Å². The number of hydrogen-bond donors (Lipinski definition) is 3. The Labute approximate surface area is 195 Å². The minimum Gasteiger partial charge on any atom is -0.352 e. The number of halogens is 6. The van der Waals surface area contributed by atoms with Gasteiger partial charge in [0, 0.05) is 24.2 Å². The summed E-state index contributed by atoms with van der Waals surface area (Å²) in [5.41, 5.74) is -3.72. The van der Waals surface area contributed by atoms with E-state index in [-0.39, 0.29) is 43.1 Å². The van der Waals surface area contributed by atoms with Crippen molar-refractivity contribution in [1.29, 1.82) is 0 Å². The molecule has 0 heterocycles. The number of benzene rings is 1. The summed E-state index contributed by atoms with van der Waals surface area (Å²) in [4.78, 5) is 24.3. The van der Waals surface area contributed by atoms with Crippen LogP contribution in [0.5, 0.6) is 0 Å². The molecular formula is C23H31F6N3O2.